The van der Waals surface area contributed by atoms with Gasteiger partial charge in [-0.15, -0.1) is 0 Å². The van der Waals surface area contributed by atoms with Gasteiger partial charge in [0.2, 0.25) is 0 Å². The van der Waals surface area contributed by atoms with E-state index in [2.05, 4.69) is 15.5 Å². The molecule has 1 aromatic heterocycles. The van der Waals surface area contributed by atoms with Crippen LogP contribution in [-0.4, -0.2) is 28.4 Å². The van der Waals surface area contributed by atoms with Gasteiger partial charge in [0.15, 0.2) is 5.82 Å². The third-order valence-electron chi connectivity index (χ3n) is 3.27. The van der Waals surface area contributed by atoms with Crippen molar-refractivity contribution >= 4 is 6.09 Å². The molecule has 0 fully saturated rings. The number of ether oxygens (including phenoxy) is 2. The molecule has 1 N–H and O–H groups in total. The highest BCUT2D eigenvalue weighted by atomic mass is 16.6. The molecule has 1 amide bonds. The molecule has 0 saturated heterocycles. The van der Waals surface area contributed by atoms with E-state index < -0.39 is 17.7 Å². The van der Waals surface area contributed by atoms with Crippen molar-refractivity contribution in [2.45, 2.75) is 52.4 Å². The van der Waals surface area contributed by atoms with Crippen LogP contribution in [0.15, 0.2) is 34.9 Å². The second kappa shape index (κ2) is 8.11. The molecular weight excluding hydrogens is 322 g/mol. The number of benzene rings is 1. The third-order valence-corrected chi connectivity index (χ3v) is 3.27. The van der Waals surface area contributed by atoms with Crippen molar-refractivity contribution in [1.82, 2.24) is 15.5 Å². The lowest BCUT2D eigenvalue weighted by atomic mass is 10.1. The number of hydrogen-bond acceptors (Lipinski definition) is 6. The Morgan fingerprint density at radius 3 is 2.56 bits per heavy atom. The Morgan fingerprint density at radius 1 is 1.28 bits per heavy atom. The van der Waals surface area contributed by atoms with Gasteiger partial charge in [0.1, 0.15) is 17.7 Å². The van der Waals surface area contributed by atoms with Crippen LogP contribution in [0.25, 0.3) is 0 Å². The maximum Gasteiger partial charge on any atom is 0.408 e. The summed E-state index contributed by atoms with van der Waals surface area (Å²) in [7, 11) is 0. The second-order valence-corrected chi connectivity index (χ2v) is 6.58. The minimum atomic E-state index is -0.600. The van der Waals surface area contributed by atoms with Crippen LogP contribution in [0.5, 0.6) is 0 Å². The van der Waals surface area contributed by atoms with E-state index in [1.54, 1.807) is 20.8 Å². The van der Waals surface area contributed by atoms with Crippen molar-refractivity contribution in [2.24, 2.45) is 0 Å². The van der Waals surface area contributed by atoms with Crippen molar-refractivity contribution < 1.29 is 18.8 Å². The van der Waals surface area contributed by atoms with Crippen LogP contribution < -0.4 is 5.32 Å². The molecule has 1 aromatic carbocycles. The van der Waals surface area contributed by atoms with Crippen LogP contribution in [0.1, 0.15) is 64.0 Å². The highest BCUT2D eigenvalue weighted by molar-refractivity contribution is 5.69. The Balaban J connectivity index is 2.25. The van der Waals surface area contributed by atoms with Gasteiger partial charge in [-0.2, -0.15) is 4.98 Å². The molecule has 1 heterocycles. The van der Waals surface area contributed by atoms with E-state index in [4.69, 9.17) is 14.0 Å². The summed E-state index contributed by atoms with van der Waals surface area (Å²) in [6, 6.07) is 8.83. The molecule has 0 aliphatic rings. The Bertz CT molecular complexity index is 679. The fraction of sp³-hybridized carbons (Fsp3) is 0.500. The molecule has 136 valence electrons. The highest BCUT2D eigenvalue weighted by Crippen LogP contribution is 2.23. The minimum absolute atomic E-state index is 0.316. The van der Waals surface area contributed by atoms with Crippen molar-refractivity contribution in [3.8, 4) is 0 Å². The van der Waals surface area contributed by atoms with Gasteiger partial charge < -0.3 is 19.3 Å². The number of rotatable bonds is 6. The first-order valence-corrected chi connectivity index (χ1v) is 8.29. The molecular formula is C18H25N3O4. The van der Waals surface area contributed by atoms with Gasteiger partial charge in [-0.1, -0.05) is 35.5 Å². The monoisotopic (exact) mass is 347 g/mol. The fourth-order valence-electron chi connectivity index (χ4n) is 2.22. The summed E-state index contributed by atoms with van der Waals surface area (Å²) >= 11 is 0. The summed E-state index contributed by atoms with van der Waals surface area (Å²) in [5.41, 5.74) is 0.224. The standard InChI is InChI=1S/C18H25N3O4/c1-6-23-12(2)16-20-15(21-25-16)14(13-10-8-7-9-11-13)19-17(22)24-18(3,4)5/h7-12,14H,6H2,1-5H3,(H,19,22). The first kappa shape index (κ1) is 18.9. The zero-order valence-electron chi connectivity index (χ0n) is 15.3. The van der Waals surface area contributed by atoms with Crippen molar-refractivity contribution in [3.63, 3.8) is 0 Å². The molecule has 0 bridgehead atoms. The lowest BCUT2D eigenvalue weighted by molar-refractivity contribution is 0.0507. The molecule has 0 radical (unpaired) electrons. The van der Waals surface area contributed by atoms with E-state index in [1.165, 1.54) is 0 Å². The summed E-state index contributed by atoms with van der Waals surface area (Å²) in [6.07, 6.45) is -0.866. The minimum Gasteiger partial charge on any atom is -0.444 e. The lowest BCUT2D eigenvalue weighted by Gasteiger charge is -2.22. The first-order valence-electron chi connectivity index (χ1n) is 8.29. The van der Waals surface area contributed by atoms with E-state index in [0.717, 1.165) is 5.56 Å². The number of carbonyl (C=O) groups excluding carboxylic acids is 1. The molecule has 0 saturated carbocycles. The quantitative estimate of drug-likeness (QED) is 0.856. The average molecular weight is 347 g/mol. The summed E-state index contributed by atoms with van der Waals surface area (Å²) in [5.74, 6) is 0.711. The number of nitrogens with zero attached hydrogens (tertiary/aromatic N) is 2. The predicted octanol–water partition coefficient (Wildman–Crippen LogP) is 3.78. The first-order chi connectivity index (χ1) is 11.8. The van der Waals surface area contributed by atoms with Crippen LogP contribution >= 0.6 is 0 Å². The van der Waals surface area contributed by atoms with Crippen LogP contribution in [0.2, 0.25) is 0 Å². The van der Waals surface area contributed by atoms with Gasteiger partial charge in [0.25, 0.3) is 5.89 Å². The normalized spacial score (nSPS) is 14.0. The second-order valence-electron chi connectivity index (χ2n) is 6.58. The van der Waals surface area contributed by atoms with Gasteiger partial charge in [-0.3, -0.25) is 0 Å². The van der Waals surface area contributed by atoms with Crippen molar-refractivity contribution in [1.29, 1.82) is 0 Å². The van der Waals surface area contributed by atoms with E-state index in [1.807, 2.05) is 44.2 Å². The van der Waals surface area contributed by atoms with Gasteiger partial charge in [0, 0.05) is 6.61 Å². The zero-order valence-corrected chi connectivity index (χ0v) is 15.3. The zero-order chi connectivity index (χ0) is 18.4. The number of nitrogens with one attached hydrogen (secondary N) is 1. The summed E-state index contributed by atoms with van der Waals surface area (Å²) in [4.78, 5) is 16.6. The van der Waals surface area contributed by atoms with Crippen LogP contribution in [0, 0.1) is 0 Å². The molecule has 2 atom stereocenters. The number of alkyl carbamates (subject to hydrolysis) is 1. The molecule has 0 aliphatic carbocycles. The molecule has 25 heavy (non-hydrogen) atoms. The number of amides is 1. The van der Waals surface area contributed by atoms with Gasteiger partial charge >= 0.3 is 6.09 Å². The molecule has 2 unspecified atom stereocenters. The molecule has 7 nitrogen and oxygen atoms in total. The fourth-order valence-corrected chi connectivity index (χ4v) is 2.22. The predicted molar refractivity (Wildman–Crippen MR) is 92.0 cm³/mol. The lowest BCUT2D eigenvalue weighted by Crippen LogP contribution is -2.35. The van der Waals surface area contributed by atoms with Crippen molar-refractivity contribution in [3.05, 3.63) is 47.6 Å². The Hall–Kier alpha value is -2.41. The van der Waals surface area contributed by atoms with E-state index in [0.29, 0.717) is 18.3 Å². The molecule has 0 aliphatic heterocycles. The maximum atomic E-state index is 12.2. The number of carbonyl (C=O) groups is 1. The molecule has 2 aromatic rings. The average Bonchev–Trinajstić information content (AvgIpc) is 3.02. The Morgan fingerprint density at radius 2 is 1.96 bits per heavy atom. The van der Waals surface area contributed by atoms with Crippen LogP contribution in [-0.2, 0) is 9.47 Å². The van der Waals surface area contributed by atoms with Gasteiger partial charge in [0.05, 0.1) is 0 Å². The Kier molecular flexibility index (Phi) is 6.14. The molecule has 0 spiro atoms. The van der Waals surface area contributed by atoms with E-state index in [9.17, 15) is 4.79 Å². The maximum absolute atomic E-state index is 12.2. The van der Waals surface area contributed by atoms with Crippen molar-refractivity contribution in [2.75, 3.05) is 6.61 Å². The van der Waals surface area contributed by atoms with Gasteiger partial charge in [-0.25, -0.2) is 4.79 Å². The molecule has 7 heteroatoms. The third kappa shape index (κ3) is 5.56. The SMILES string of the molecule is CCOC(C)c1nc(C(NC(=O)OC(C)(C)C)c2ccccc2)no1. The summed E-state index contributed by atoms with van der Waals surface area (Å²) < 4.78 is 16.1. The Labute approximate surface area is 147 Å². The highest BCUT2D eigenvalue weighted by Gasteiger charge is 2.26. The number of aromatic nitrogens is 2. The summed E-state index contributed by atoms with van der Waals surface area (Å²) in [6.45, 7) is 9.68. The molecule has 2 rings (SSSR count). The topological polar surface area (TPSA) is 86.5 Å². The van der Waals surface area contributed by atoms with E-state index >= 15 is 0 Å². The van der Waals surface area contributed by atoms with E-state index in [-0.39, 0.29) is 6.10 Å². The van der Waals surface area contributed by atoms with Crippen LogP contribution in [0.4, 0.5) is 4.79 Å². The largest absolute Gasteiger partial charge is 0.444 e. The number of hydrogen-bond donors (Lipinski definition) is 1. The van der Waals surface area contributed by atoms with Gasteiger partial charge in [-0.05, 0) is 40.2 Å². The van der Waals surface area contributed by atoms with Crippen LogP contribution in [0.3, 0.4) is 0 Å². The summed E-state index contributed by atoms with van der Waals surface area (Å²) in [5, 5.41) is 6.81. The smallest absolute Gasteiger partial charge is 0.408 e.